The molecule has 69 valence electrons. The molecule has 1 heterocycles. The first kappa shape index (κ1) is 9.79. The molecule has 1 saturated heterocycles. The molecular formula is C11H20N. The summed E-state index contributed by atoms with van der Waals surface area (Å²) < 4.78 is 0. The molecule has 1 atom stereocenters. The zero-order valence-electron chi connectivity index (χ0n) is 8.13. The molecule has 1 radical (unpaired) electrons. The summed E-state index contributed by atoms with van der Waals surface area (Å²) in [5.41, 5.74) is 0. The first-order valence-corrected chi connectivity index (χ1v) is 5.03. The summed E-state index contributed by atoms with van der Waals surface area (Å²) in [5, 5.41) is 0. The fourth-order valence-electron chi connectivity index (χ4n) is 1.89. The normalized spacial score (nSPS) is 22.1. The SMILES string of the molecule is C=CC(C[CH]C)N1CCCCC1. The van der Waals surface area contributed by atoms with Gasteiger partial charge in [0.25, 0.3) is 0 Å². The lowest BCUT2D eigenvalue weighted by Crippen LogP contribution is -2.37. The Morgan fingerprint density at radius 3 is 2.50 bits per heavy atom. The minimum absolute atomic E-state index is 0.593. The van der Waals surface area contributed by atoms with Crippen LogP contribution in [-0.2, 0) is 0 Å². The Labute approximate surface area is 76.5 Å². The van der Waals surface area contributed by atoms with Gasteiger partial charge < -0.3 is 0 Å². The van der Waals surface area contributed by atoms with Crippen LogP contribution in [0, 0.1) is 6.42 Å². The first-order valence-electron chi connectivity index (χ1n) is 5.03. The molecule has 1 rings (SSSR count). The maximum Gasteiger partial charge on any atom is 0.0278 e. The Bertz CT molecular complexity index is 125. The van der Waals surface area contributed by atoms with Crippen molar-refractivity contribution in [2.24, 2.45) is 0 Å². The summed E-state index contributed by atoms with van der Waals surface area (Å²) in [6.07, 6.45) is 9.63. The van der Waals surface area contributed by atoms with E-state index in [1.807, 2.05) is 0 Å². The number of hydrogen-bond acceptors (Lipinski definition) is 1. The number of nitrogens with zero attached hydrogens (tertiary/aromatic N) is 1. The molecule has 1 heteroatoms. The summed E-state index contributed by atoms with van der Waals surface area (Å²) in [6, 6.07) is 0.593. The number of likely N-dealkylation sites (tertiary alicyclic amines) is 1. The molecule has 1 unspecified atom stereocenters. The minimum atomic E-state index is 0.593. The van der Waals surface area contributed by atoms with Gasteiger partial charge in [-0.2, -0.15) is 0 Å². The van der Waals surface area contributed by atoms with E-state index in [4.69, 9.17) is 0 Å². The number of piperidine rings is 1. The summed E-state index contributed by atoms with van der Waals surface area (Å²) >= 11 is 0. The highest BCUT2D eigenvalue weighted by Crippen LogP contribution is 2.15. The van der Waals surface area contributed by atoms with Crippen LogP contribution in [0.3, 0.4) is 0 Å². The molecule has 1 nitrogen and oxygen atoms in total. The zero-order chi connectivity index (χ0) is 8.81. The molecule has 0 aromatic rings. The average Bonchev–Trinajstić information content (AvgIpc) is 2.15. The highest BCUT2D eigenvalue weighted by molar-refractivity contribution is 4.91. The largest absolute Gasteiger partial charge is 0.297 e. The lowest BCUT2D eigenvalue weighted by atomic mass is 10.1. The molecule has 1 aliphatic rings. The zero-order valence-corrected chi connectivity index (χ0v) is 8.13. The van der Waals surface area contributed by atoms with Gasteiger partial charge in [-0.05, 0) is 38.8 Å². The predicted molar refractivity (Wildman–Crippen MR) is 54.0 cm³/mol. The Kier molecular flexibility index (Phi) is 4.37. The van der Waals surface area contributed by atoms with Crippen molar-refractivity contribution in [3.63, 3.8) is 0 Å². The van der Waals surface area contributed by atoms with Crippen molar-refractivity contribution in [2.75, 3.05) is 13.1 Å². The van der Waals surface area contributed by atoms with E-state index in [9.17, 15) is 0 Å². The van der Waals surface area contributed by atoms with Crippen LogP contribution in [0.1, 0.15) is 32.6 Å². The molecule has 0 spiro atoms. The van der Waals surface area contributed by atoms with Crippen LogP contribution in [0.25, 0.3) is 0 Å². The highest BCUT2D eigenvalue weighted by atomic mass is 15.2. The third-order valence-electron chi connectivity index (χ3n) is 2.61. The lowest BCUT2D eigenvalue weighted by Gasteiger charge is -2.32. The molecular weight excluding hydrogens is 146 g/mol. The van der Waals surface area contributed by atoms with Crippen LogP contribution in [-0.4, -0.2) is 24.0 Å². The van der Waals surface area contributed by atoms with E-state index >= 15 is 0 Å². The van der Waals surface area contributed by atoms with Crippen molar-refractivity contribution in [3.8, 4) is 0 Å². The van der Waals surface area contributed by atoms with E-state index in [2.05, 4.69) is 30.9 Å². The van der Waals surface area contributed by atoms with Crippen LogP contribution in [0.4, 0.5) is 0 Å². The Hall–Kier alpha value is -0.300. The van der Waals surface area contributed by atoms with Gasteiger partial charge in [0.15, 0.2) is 0 Å². The summed E-state index contributed by atoms with van der Waals surface area (Å²) in [6.45, 7) is 8.56. The van der Waals surface area contributed by atoms with Gasteiger partial charge >= 0.3 is 0 Å². The first-order chi connectivity index (χ1) is 5.88. The molecule has 0 aromatic carbocycles. The van der Waals surface area contributed by atoms with Gasteiger partial charge in [0, 0.05) is 6.04 Å². The third-order valence-corrected chi connectivity index (χ3v) is 2.61. The summed E-state index contributed by atoms with van der Waals surface area (Å²) in [4.78, 5) is 2.55. The van der Waals surface area contributed by atoms with Crippen molar-refractivity contribution in [2.45, 2.75) is 38.6 Å². The van der Waals surface area contributed by atoms with E-state index < -0.39 is 0 Å². The van der Waals surface area contributed by atoms with Crippen LogP contribution in [0.15, 0.2) is 12.7 Å². The van der Waals surface area contributed by atoms with Crippen molar-refractivity contribution in [1.29, 1.82) is 0 Å². The second kappa shape index (κ2) is 5.36. The topological polar surface area (TPSA) is 3.24 Å². The van der Waals surface area contributed by atoms with Crippen LogP contribution in [0.5, 0.6) is 0 Å². The molecule has 0 amide bonds. The molecule has 0 aliphatic carbocycles. The predicted octanol–water partition coefficient (Wildman–Crippen LogP) is 2.64. The minimum Gasteiger partial charge on any atom is -0.297 e. The van der Waals surface area contributed by atoms with E-state index in [0.29, 0.717) is 6.04 Å². The molecule has 1 fully saturated rings. The fourth-order valence-corrected chi connectivity index (χ4v) is 1.89. The van der Waals surface area contributed by atoms with Gasteiger partial charge in [0.2, 0.25) is 0 Å². The summed E-state index contributed by atoms with van der Waals surface area (Å²) in [7, 11) is 0. The van der Waals surface area contributed by atoms with Crippen molar-refractivity contribution in [3.05, 3.63) is 19.1 Å². The molecule has 1 aliphatic heterocycles. The second-order valence-electron chi connectivity index (χ2n) is 3.54. The van der Waals surface area contributed by atoms with Gasteiger partial charge in [-0.3, -0.25) is 4.90 Å². The standard InChI is InChI=1S/C11H20N/c1-3-8-11(4-2)12-9-6-5-7-10-12/h3-4,11H,2,5-10H2,1H3. The maximum atomic E-state index is 3.89. The van der Waals surface area contributed by atoms with E-state index in [1.54, 1.807) is 0 Å². The van der Waals surface area contributed by atoms with E-state index in [1.165, 1.54) is 32.4 Å². The van der Waals surface area contributed by atoms with E-state index in [-0.39, 0.29) is 0 Å². The van der Waals surface area contributed by atoms with Gasteiger partial charge in [-0.15, -0.1) is 6.58 Å². The summed E-state index contributed by atoms with van der Waals surface area (Å²) in [5.74, 6) is 0. The van der Waals surface area contributed by atoms with E-state index in [0.717, 1.165) is 6.42 Å². The van der Waals surface area contributed by atoms with Crippen LogP contribution < -0.4 is 0 Å². The molecule has 12 heavy (non-hydrogen) atoms. The van der Waals surface area contributed by atoms with Crippen molar-refractivity contribution < 1.29 is 0 Å². The van der Waals surface area contributed by atoms with Gasteiger partial charge in [-0.1, -0.05) is 19.4 Å². The average molecular weight is 166 g/mol. The molecule has 0 aromatic heterocycles. The smallest absolute Gasteiger partial charge is 0.0278 e. The maximum absolute atomic E-state index is 3.89. The number of hydrogen-bond donors (Lipinski definition) is 0. The van der Waals surface area contributed by atoms with Gasteiger partial charge in [-0.25, -0.2) is 0 Å². The molecule has 0 bridgehead atoms. The fraction of sp³-hybridized carbons (Fsp3) is 0.727. The van der Waals surface area contributed by atoms with Crippen molar-refractivity contribution in [1.82, 2.24) is 4.90 Å². The van der Waals surface area contributed by atoms with Crippen LogP contribution in [0.2, 0.25) is 0 Å². The Morgan fingerprint density at radius 1 is 1.33 bits per heavy atom. The molecule has 0 saturated carbocycles. The van der Waals surface area contributed by atoms with Crippen molar-refractivity contribution >= 4 is 0 Å². The number of rotatable bonds is 4. The Balaban J connectivity index is 2.34. The van der Waals surface area contributed by atoms with Gasteiger partial charge in [0.1, 0.15) is 0 Å². The molecule has 0 N–H and O–H groups in total. The Morgan fingerprint density at radius 2 is 2.00 bits per heavy atom. The third kappa shape index (κ3) is 2.63. The van der Waals surface area contributed by atoms with Gasteiger partial charge in [0.05, 0.1) is 0 Å². The monoisotopic (exact) mass is 166 g/mol. The van der Waals surface area contributed by atoms with Crippen LogP contribution >= 0.6 is 0 Å². The highest BCUT2D eigenvalue weighted by Gasteiger charge is 2.16. The second-order valence-corrected chi connectivity index (χ2v) is 3.54. The quantitative estimate of drug-likeness (QED) is 0.580. The lowest BCUT2D eigenvalue weighted by molar-refractivity contribution is 0.189.